The van der Waals surface area contributed by atoms with E-state index in [1.54, 1.807) is 4.68 Å². The third-order valence-electron chi connectivity index (χ3n) is 8.87. The Hall–Kier alpha value is -5.47. The molecule has 0 saturated heterocycles. The predicted molar refractivity (Wildman–Crippen MR) is 182 cm³/mol. The van der Waals surface area contributed by atoms with Crippen LogP contribution in [0.15, 0.2) is 140 Å². The minimum absolute atomic E-state index is 0.244. The maximum absolute atomic E-state index is 8.74. The van der Waals surface area contributed by atoms with Crippen LogP contribution in [0.3, 0.4) is 0 Å². The number of benzene rings is 5. The van der Waals surface area contributed by atoms with Gasteiger partial charge in [0.15, 0.2) is 5.82 Å². The number of hydrogen-bond donors (Lipinski definition) is 1. The molecule has 7 nitrogen and oxygen atoms in total. The molecule has 1 atom stereocenters. The maximum Gasteiger partial charge on any atom is 0.361 e. The topological polar surface area (TPSA) is 85.3 Å². The lowest BCUT2D eigenvalue weighted by Crippen LogP contribution is -2.39. The third kappa shape index (κ3) is 4.61. The summed E-state index contributed by atoms with van der Waals surface area (Å²) < 4.78 is 3.78. The van der Waals surface area contributed by atoms with Crippen molar-refractivity contribution in [1.29, 1.82) is 5.41 Å². The van der Waals surface area contributed by atoms with E-state index >= 15 is 0 Å². The predicted octanol–water partition coefficient (Wildman–Crippen LogP) is 7.68. The van der Waals surface area contributed by atoms with Crippen LogP contribution < -0.4 is 4.80 Å². The molecule has 0 spiro atoms. The smallest absolute Gasteiger partial charge is 0.234 e. The van der Waals surface area contributed by atoms with Gasteiger partial charge in [-0.3, -0.25) is 0 Å². The molecule has 0 aliphatic heterocycles. The molecule has 1 fully saturated rings. The van der Waals surface area contributed by atoms with Crippen LogP contribution in [0.4, 0.5) is 0 Å². The third-order valence-corrected chi connectivity index (χ3v) is 10.7. The van der Waals surface area contributed by atoms with Crippen molar-refractivity contribution in [2.45, 2.75) is 24.3 Å². The van der Waals surface area contributed by atoms with Gasteiger partial charge in [0, 0.05) is 16.0 Å². The van der Waals surface area contributed by atoms with Crippen molar-refractivity contribution in [3.8, 4) is 28.2 Å². The molecule has 1 aliphatic carbocycles. The molecule has 8 rings (SSSR count). The summed E-state index contributed by atoms with van der Waals surface area (Å²) in [6.07, 6.45) is 4.49. The van der Waals surface area contributed by atoms with Crippen molar-refractivity contribution in [3.63, 3.8) is 0 Å². The summed E-state index contributed by atoms with van der Waals surface area (Å²) in [5, 5.41) is 28.5. The van der Waals surface area contributed by atoms with Crippen LogP contribution in [0.2, 0.25) is 0 Å². The van der Waals surface area contributed by atoms with E-state index < -0.39 is 5.54 Å². The highest BCUT2D eigenvalue weighted by Crippen LogP contribution is 2.44. The van der Waals surface area contributed by atoms with Crippen LogP contribution in [0.25, 0.3) is 28.2 Å². The summed E-state index contributed by atoms with van der Waals surface area (Å²) in [5.41, 5.74) is 6.19. The van der Waals surface area contributed by atoms with Crippen molar-refractivity contribution >= 4 is 10.5 Å². The molecule has 1 unspecified atom stereocenters. The molecular formula is C38H32N7S+. The van der Waals surface area contributed by atoms with Crippen LogP contribution in [-0.2, 0) is 11.8 Å². The fraction of sp³-hybridized carbons (Fsp3) is 0.132. The Kier molecular flexibility index (Phi) is 6.99. The van der Waals surface area contributed by atoms with Crippen LogP contribution >= 0.6 is 10.5 Å². The number of nitrogens with zero attached hydrogens (tertiary/aromatic N) is 6. The summed E-state index contributed by atoms with van der Waals surface area (Å²) in [4.78, 5) is 0.563. The Morgan fingerprint density at radius 3 is 1.74 bits per heavy atom. The van der Waals surface area contributed by atoms with Gasteiger partial charge in [-0.1, -0.05) is 127 Å². The summed E-state index contributed by atoms with van der Waals surface area (Å²) >= 11 is 0. The highest BCUT2D eigenvalue weighted by molar-refractivity contribution is 7.27. The number of rotatable bonds is 8. The van der Waals surface area contributed by atoms with E-state index in [9.17, 15) is 0 Å². The second kappa shape index (κ2) is 11.5. The number of nitrogens with one attached hydrogen (secondary N) is 1. The molecule has 8 heteroatoms. The minimum Gasteiger partial charge on any atom is -0.234 e. The summed E-state index contributed by atoms with van der Waals surface area (Å²) in [6.45, 7) is 0. The zero-order valence-electron chi connectivity index (χ0n) is 25.4. The lowest BCUT2D eigenvalue weighted by molar-refractivity contribution is 0.451. The molecule has 2 aromatic heterocycles. The van der Waals surface area contributed by atoms with E-state index in [0.717, 1.165) is 39.1 Å². The molecule has 1 saturated carbocycles. The molecule has 0 bridgehead atoms. The molecule has 0 amide bonds. The molecule has 2 heterocycles. The highest BCUT2D eigenvalue weighted by Gasteiger charge is 2.42. The Morgan fingerprint density at radius 1 is 0.674 bits per heavy atom. The largest absolute Gasteiger partial charge is 0.361 e. The van der Waals surface area contributed by atoms with Gasteiger partial charge in [-0.15, -0.1) is 10.2 Å². The van der Waals surface area contributed by atoms with E-state index in [4.69, 9.17) is 20.8 Å². The number of hydrogen-bond acceptors (Lipinski definition) is 5. The summed E-state index contributed by atoms with van der Waals surface area (Å²) in [5.74, 6) is 1.21. The first-order valence-corrected chi connectivity index (χ1v) is 17.1. The quantitative estimate of drug-likeness (QED) is 0.140. The van der Waals surface area contributed by atoms with E-state index in [0.29, 0.717) is 16.5 Å². The Bertz CT molecular complexity index is 2080. The van der Waals surface area contributed by atoms with Crippen LogP contribution in [0, 0.1) is 5.41 Å². The Labute approximate surface area is 269 Å². The van der Waals surface area contributed by atoms with Gasteiger partial charge in [0.1, 0.15) is 11.8 Å². The zero-order valence-corrected chi connectivity index (χ0v) is 26.2. The second-order valence-corrected chi connectivity index (χ2v) is 13.5. The first-order chi connectivity index (χ1) is 22.7. The molecule has 46 heavy (non-hydrogen) atoms. The van der Waals surface area contributed by atoms with Crippen LogP contribution in [0.1, 0.15) is 40.5 Å². The van der Waals surface area contributed by atoms with E-state index in [1.807, 2.05) is 35.0 Å². The first kappa shape index (κ1) is 28.0. The van der Waals surface area contributed by atoms with E-state index in [1.165, 1.54) is 17.8 Å². The fourth-order valence-corrected chi connectivity index (χ4v) is 8.01. The highest BCUT2D eigenvalue weighted by atomic mass is 32.2. The standard InChI is InChI=1S/C38H32N7S/c1-46-36(28-21-22-28)41-44(37(46)39)32-25-23-27(24-26-32)33-19-11-12-20-34(33)35-40-42-43-45(35)38(29-13-5-2-6-14-29,30-15-7-3-8-16-30)31-17-9-4-10-18-31/h2-20,23-26,28,39H,21-22H2,1H3/q+1. The Balaban J connectivity index is 1.29. The second-order valence-electron chi connectivity index (χ2n) is 11.7. The fourth-order valence-electron chi connectivity index (χ4n) is 6.47. The zero-order chi connectivity index (χ0) is 31.1. The van der Waals surface area contributed by atoms with Gasteiger partial charge in [0.25, 0.3) is 5.01 Å². The van der Waals surface area contributed by atoms with Crippen molar-refractivity contribution in [2.24, 2.45) is 6.26 Å². The van der Waals surface area contributed by atoms with Crippen molar-refractivity contribution in [3.05, 3.63) is 166 Å². The van der Waals surface area contributed by atoms with Gasteiger partial charge < -0.3 is 0 Å². The minimum atomic E-state index is -0.843. The van der Waals surface area contributed by atoms with Crippen LogP contribution in [-0.4, -0.2) is 30.0 Å². The van der Waals surface area contributed by atoms with Gasteiger partial charge in [-0.2, -0.15) is 4.68 Å². The van der Waals surface area contributed by atoms with Gasteiger partial charge >= 0.3 is 4.80 Å². The van der Waals surface area contributed by atoms with Gasteiger partial charge in [-0.05, 0) is 63.2 Å². The maximum atomic E-state index is 8.74. The molecule has 1 N–H and O–H groups in total. The molecule has 0 radical (unpaired) electrons. The average Bonchev–Trinajstić information content (AvgIpc) is 3.77. The molecule has 224 valence electrons. The Morgan fingerprint density at radius 2 is 1.20 bits per heavy atom. The van der Waals surface area contributed by atoms with Crippen LogP contribution in [0.5, 0.6) is 0 Å². The first-order valence-electron chi connectivity index (χ1n) is 15.4. The lowest BCUT2D eigenvalue weighted by atomic mass is 9.77. The average molecular weight is 619 g/mol. The van der Waals surface area contributed by atoms with E-state index in [2.05, 4.69) is 121 Å². The van der Waals surface area contributed by atoms with Gasteiger partial charge in [0.2, 0.25) is 0 Å². The summed E-state index contributed by atoms with van der Waals surface area (Å²) in [6, 6.07) is 47.9. The molecular weight excluding hydrogens is 587 g/mol. The summed E-state index contributed by atoms with van der Waals surface area (Å²) in [7, 11) is -0.244. The lowest BCUT2D eigenvalue weighted by Gasteiger charge is -2.36. The van der Waals surface area contributed by atoms with Gasteiger partial charge in [-0.25, -0.2) is 10.1 Å². The molecule has 1 aliphatic rings. The monoisotopic (exact) mass is 618 g/mol. The SMILES string of the molecule is C[s+]1c(C2CC2)nn(-c2ccc(-c3ccccc3-c3nnnn3C(c3ccccc3)(c3ccccc3)c3ccccc3)cc2)c1=N. The van der Waals surface area contributed by atoms with Crippen molar-refractivity contribution in [1.82, 2.24) is 30.0 Å². The van der Waals surface area contributed by atoms with Gasteiger partial charge in [0.05, 0.1) is 11.6 Å². The van der Waals surface area contributed by atoms with Crippen molar-refractivity contribution < 1.29 is 0 Å². The van der Waals surface area contributed by atoms with Crippen molar-refractivity contribution in [2.75, 3.05) is 0 Å². The molecule has 7 aromatic rings. The number of aromatic nitrogens is 6. The van der Waals surface area contributed by atoms with E-state index in [-0.39, 0.29) is 10.5 Å². The normalized spacial score (nSPS) is 13.5. The molecule has 5 aromatic carbocycles. The number of tetrazole rings is 1.